The van der Waals surface area contributed by atoms with Crippen LogP contribution < -0.4 is 5.32 Å². The summed E-state index contributed by atoms with van der Waals surface area (Å²) in [5, 5.41) is 5.19. The van der Waals surface area contributed by atoms with E-state index in [-0.39, 0.29) is 5.91 Å². The molecule has 0 aliphatic heterocycles. The van der Waals surface area contributed by atoms with Gasteiger partial charge in [0.25, 0.3) is 5.91 Å². The summed E-state index contributed by atoms with van der Waals surface area (Å²) < 4.78 is 5.80. The van der Waals surface area contributed by atoms with Crippen molar-refractivity contribution in [3.8, 4) is 0 Å². The monoisotopic (exact) mass is 305 g/mol. The Morgan fingerprint density at radius 2 is 1.65 bits per heavy atom. The van der Waals surface area contributed by atoms with E-state index < -0.39 is 6.23 Å². The lowest BCUT2D eigenvalue weighted by Gasteiger charge is -2.21. The van der Waals surface area contributed by atoms with E-state index in [0.717, 1.165) is 16.3 Å². The van der Waals surface area contributed by atoms with E-state index in [4.69, 9.17) is 4.74 Å². The van der Waals surface area contributed by atoms with E-state index in [0.29, 0.717) is 12.2 Å². The number of hydrogen-bond acceptors (Lipinski definition) is 2. The minimum absolute atomic E-state index is 0.142. The Morgan fingerprint density at radius 3 is 2.43 bits per heavy atom. The highest BCUT2D eigenvalue weighted by atomic mass is 16.5. The first-order chi connectivity index (χ1) is 11.3. The summed E-state index contributed by atoms with van der Waals surface area (Å²) in [5.41, 5.74) is 1.59. The van der Waals surface area contributed by atoms with Gasteiger partial charge in [-0.3, -0.25) is 4.79 Å². The van der Waals surface area contributed by atoms with E-state index in [1.54, 1.807) is 12.1 Å². The summed E-state index contributed by atoms with van der Waals surface area (Å²) in [6, 6.07) is 23.3. The molecule has 0 aliphatic rings. The number of rotatable bonds is 5. The molecule has 0 aromatic heterocycles. The van der Waals surface area contributed by atoms with Crippen LogP contribution in [0.2, 0.25) is 0 Å². The third-order valence-electron chi connectivity index (χ3n) is 3.74. The van der Waals surface area contributed by atoms with Crippen LogP contribution in [0.5, 0.6) is 0 Å². The van der Waals surface area contributed by atoms with Crippen molar-refractivity contribution in [3.05, 3.63) is 83.9 Å². The predicted molar refractivity (Wildman–Crippen MR) is 92.2 cm³/mol. The summed E-state index contributed by atoms with van der Waals surface area (Å²) in [4.78, 5) is 12.4. The predicted octanol–water partition coefficient (Wildman–Crippen LogP) is 4.30. The first-order valence-electron chi connectivity index (χ1n) is 7.75. The highest BCUT2D eigenvalue weighted by molar-refractivity contribution is 5.95. The highest BCUT2D eigenvalue weighted by Gasteiger charge is 2.17. The van der Waals surface area contributed by atoms with E-state index in [9.17, 15) is 4.79 Å². The van der Waals surface area contributed by atoms with Crippen LogP contribution in [0.3, 0.4) is 0 Å². The molecule has 1 atom stereocenters. The minimum atomic E-state index is -0.473. The van der Waals surface area contributed by atoms with Crippen molar-refractivity contribution in [2.45, 2.75) is 13.2 Å². The van der Waals surface area contributed by atoms with Gasteiger partial charge in [-0.2, -0.15) is 0 Å². The summed E-state index contributed by atoms with van der Waals surface area (Å²) in [6.07, 6.45) is -0.473. The first kappa shape index (κ1) is 15.3. The summed E-state index contributed by atoms with van der Waals surface area (Å²) in [6.45, 7) is 2.44. The number of hydrogen-bond donors (Lipinski definition) is 1. The molecule has 3 aromatic carbocycles. The van der Waals surface area contributed by atoms with Crippen molar-refractivity contribution in [3.63, 3.8) is 0 Å². The van der Waals surface area contributed by atoms with Crippen LogP contribution in [0.25, 0.3) is 10.8 Å². The number of carbonyl (C=O) groups excluding carboxylic acids is 1. The zero-order chi connectivity index (χ0) is 16.1. The molecule has 0 heterocycles. The molecule has 0 saturated heterocycles. The van der Waals surface area contributed by atoms with Crippen LogP contribution in [0.15, 0.2) is 72.8 Å². The number of carbonyl (C=O) groups is 1. The molecule has 0 aliphatic carbocycles. The lowest BCUT2D eigenvalue weighted by Crippen LogP contribution is -2.30. The lowest BCUT2D eigenvalue weighted by atomic mass is 10.0. The molecule has 0 spiro atoms. The van der Waals surface area contributed by atoms with Gasteiger partial charge in [-0.15, -0.1) is 0 Å². The van der Waals surface area contributed by atoms with Crippen LogP contribution >= 0.6 is 0 Å². The molecule has 0 radical (unpaired) electrons. The molecule has 116 valence electrons. The van der Waals surface area contributed by atoms with Gasteiger partial charge >= 0.3 is 0 Å². The molecular formula is C20H19NO2. The Kier molecular flexibility index (Phi) is 4.69. The van der Waals surface area contributed by atoms with E-state index in [1.165, 1.54) is 0 Å². The molecule has 0 fully saturated rings. The van der Waals surface area contributed by atoms with Gasteiger partial charge in [0.2, 0.25) is 0 Å². The zero-order valence-electron chi connectivity index (χ0n) is 13.0. The standard InChI is InChI=1S/C20H19NO2/c1-2-23-20(21-19(22)16-10-4-3-5-11-16)18-14-8-12-15-9-6-7-13-17(15)18/h3-14,20H,2H2,1H3,(H,21,22). The van der Waals surface area contributed by atoms with Gasteiger partial charge in [-0.25, -0.2) is 0 Å². The largest absolute Gasteiger partial charge is 0.354 e. The van der Waals surface area contributed by atoms with Gasteiger partial charge in [0.05, 0.1) is 0 Å². The molecule has 1 amide bonds. The summed E-state index contributed by atoms with van der Waals surface area (Å²) in [7, 11) is 0. The molecule has 3 heteroatoms. The van der Waals surface area contributed by atoms with E-state index in [1.807, 2.05) is 55.5 Å². The van der Waals surface area contributed by atoms with Crippen LogP contribution in [-0.4, -0.2) is 12.5 Å². The summed E-state index contributed by atoms with van der Waals surface area (Å²) in [5.74, 6) is -0.142. The second-order valence-corrected chi connectivity index (χ2v) is 5.24. The van der Waals surface area contributed by atoms with Gasteiger partial charge < -0.3 is 10.1 Å². The van der Waals surface area contributed by atoms with Gasteiger partial charge in [-0.05, 0) is 29.8 Å². The zero-order valence-corrected chi connectivity index (χ0v) is 13.0. The second-order valence-electron chi connectivity index (χ2n) is 5.24. The van der Waals surface area contributed by atoms with Crippen LogP contribution in [0.4, 0.5) is 0 Å². The second kappa shape index (κ2) is 7.07. The summed E-state index contributed by atoms with van der Waals surface area (Å²) >= 11 is 0. The normalized spacial score (nSPS) is 12.0. The molecule has 3 rings (SSSR count). The van der Waals surface area contributed by atoms with Crippen molar-refractivity contribution in [2.24, 2.45) is 0 Å². The number of fused-ring (bicyclic) bond motifs is 1. The molecule has 1 unspecified atom stereocenters. The minimum Gasteiger partial charge on any atom is -0.354 e. The van der Waals surface area contributed by atoms with Crippen molar-refractivity contribution < 1.29 is 9.53 Å². The number of ether oxygens (including phenoxy) is 1. The fourth-order valence-electron chi connectivity index (χ4n) is 2.65. The fraction of sp³-hybridized carbons (Fsp3) is 0.150. The molecule has 0 bridgehead atoms. The van der Waals surface area contributed by atoms with Crippen molar-refractivity contribution in [2.75, 3.05) is 6.61 Å². The number of amides is 1. The van der Waals surface area contributed by atoms with Crippen molar-refractivity contribution in [1.82, 2.24) is 5.32 Å². The fourth-order valence-corrected chi connectivity index (χ4v) is 2.65. The Morgan fingerprint density at radius 1 is 0.957 bits per heavy atom. The topological polar surface area (TPSA) is 38.3 Å². The maximum atomic E-state index is 12.4. The van der Waals surface area contributed by atoms with Gasteiger partial charge in [0.1, 0.15) is 0 Å². The molecule has 3 nitrogen and oxygen atoms in total. The number of nitrogens with one attached hydrogen (secondary N) is 1. The third kappa shape index (κ3) is 3.41. The van der Waals surface area contributed by atoms with Gasteiger partial charge in [-0.1, -0.05) is 60.7 Å². The lowest BCUT2D eigenvalue weighted by molar-refractivity contribution is 0.0344. The van der Waals surface area contributed by atoms with Crippen molar-refractivity contribution >= 4 is 16.7 Å². The van der Waals surface area contributed by atoms with Crippen LogP contribution in [-0.2, 0) is 4.74 Å². The average Bonchev–Trinajstić information content (AvgIpc) is 2.61. The Bertz CT molecular complexity index is 794. The maximum absolute atomic E-state index is 12.4. The Balaban J connectivity index is 1.93. The molecule has 1 N–H and O–H groups in total. The number of benzene rings is 3. The molecule has 0 saturated carbocycles. The van der Waals surface area contributed by atoms with E-state index in [2.05, 4.69) is 17.4 Å². The third-order valence-corrected chi connectivity index (χ3v) is 3.74. The van der Waals surface area contributed by atoms with Crippen LogP contribution in [0.1, 0.15) is 29.1 Å². The van der Waals surface area contributed by atoms with E-state index >= 15 is 0 Å². The van der Waals surface area contributed by atoms with Crippen LogP contribution in [0, 0.1) is 0 Å². The van der Waals surface area contributed by atoms with Gasteiger partial charge in [0, 0.05) is 17.7 Å². The molecular weight excluding hydrogens is 286 g/mol. The first-order valence-corrected chi connectivity index (χ1v) is 7.75. The molecule has 3 aromatic rings. The maximum Gasteiger partial charge on any atom is 0.253 e. The average molecular weight is 305 g/mol. The quantitative estimate of drug-likeness (QED) is 0.714. The SMILES string of the molecule is CCOC(NC(=O)c1ccccc1)c1cccc2ccccc12. The Labute approximate surface area is 135 Å². The van der Waals surface area contributed by atoms with Gasteiger partial charge in [0.15, 0.2) is 6.23 Å². The smallest absolute Gasteiger partial charge is 0.253 e. The Hall–Kier alpha value is -2.65. The molecule has 23 heavy (non-hydrogen) atoms. The van der Waals surface area contributed by atoms with Crippen molar-refractivity contribution in [1.29, 1.82) is 0 Å². The highest BCUT2D eigenvalue weighted by Crippen LogP contribution is 2.25.